The molecule has 168 valence electrons. The quantitative estimate of drug-likeness (QED) is 0.682. The van der Waals surface area contributed by atoms with Crippen LogP contribution in [0, 0.1) is 0 Å². The van der Waals surface area contributed by atoms with Gasteiger partial charge in [0.1, 0.15) is 5.54 Å². The van der Waals surface area contributed by atoms with Gasteiger partial charge in [0.05, 0.1) is 0 Å². The molecule has 3 fully saturated rings. The number of amides is 4. The zero-order valence-corrected chi connectivity index (χ0v) is 18.7. The molecule has 8 heteroatoms. The van der Waals surface area contributed by atoms with Gasteiger partial charge in [-0.15, -0.1) is 0 Å². The molecule has 1 saturated carbocycles. The van der Waals surface area contributed by atoms with E-state index < -0.39 is 5.54 Å². The normalized spacial score (nSPS) is 21.6. The molecular weight excluding hydrogens is 416 g/mol. The standard InChI is InChI=1S/C23H31ClN4O3/c24-19-8-6-18(7-9-19)17-26-12-4-13-27(16-15-26)20(29)5-3-14-28-21(30)23(25-22(28)31)10-1-2-11-23/h6-9H,1-5,10-17H2,(H,25,31). The van der Waals surface area contributed by atoms with E-state index in [4.69, 9.17) is 11.6 Å². The third kappa shape index (κ3) is 5.04. The zero-order valence-electron chi connectivity index (χ0n) is 17.9. The highest BCUT2D eigenvalue weighted by atomic mass is 35.5. The van der Waals surface area contributed by atoms with Crippen LogP contribution in [0.5, 0.6) is 0 Å². The number of hydrogen-bond donors (Lipinski definition) is 1. The van der Waals surface area contributed by atoms with E-state index in [2.05, 4.69) is 10.2 Å². The number of halogens is 1. The SMILES string of the molecule is O=C(CCCN1C(=O)NC2(CCCC2)C1=O)N1CCCN(Cc2ccc(Cl)cc2)CC1. The molecule has 2 heterocycles. The molecule has 0 radical (unpaired) electrons. The molecule has 7 nitrogen and oxygen atoms in total. The van der Waals surface area contributed by atoms with Crippen LogP contribution in [0.2, 0.25) is 5.02 Å². The highest BCUT2D eigenvalue weighted by Crippen LogP contribution is 2.35. The molecule has 1 aromatic carbocycles. The Morgan fingerprint density at radius 2 is 1.74 bits per heavy atom. The number of urea groups is 1. The molecule has 3 aliphatic rings. The Balaban J connectivity index is 1.21. The van der Waals surface area contributed by atoms with E-state index in [1.165, 1.54) is 10.5 Å². The average molecular weight is 447 g/mol. The molecule has 0 atom stereocenters. The summed E-state index contributed by atoms with van der Waals surface area (Å²) in [4.78, 5) is 43.3. The molecule has 4 amide bonds. The summed E-state index contributed by atoms with van der Waals surface area (Å²) in [6.45, 7) is 4.42. The van der Waals surface area contributed by atoms with E-state index in [0.29, 0.717) is 25.9 Å². The summed E-state index contributed by atoms with van der Waals surface area (Å²) in [5.74, 6) is 0.00559. The molecule has 0 bridgehead atoms. The molecule has 4 rings (SSSR count). The largest absolute Gasteiger partial charge is 0.341 e. The van der Waals surface area contributed by atoms with Crippen molar-refractivity contribution in [1.29, 1.82) is 0 Å². The van der Waals surface area contributed by atoms with Crippen molar-refractivity contribution in [1.82, 2.24) is 20.0 Å². The summed E-state index contributed by atoms with van der Waals surface area (Å²) in [6.07, 6.45) is 5.22. The van der Waals surface area contributed by atoms with Crippen molar-refractivity contribution in [2.75, 3.05) is 32.7 Å². The van der Waals surface area contributed by atoms with Gasteiger partial charge in [-0.2, -0.15) is 0 Å². The first kappa shape index (κ1) is 22.1. The van der Waals surface area contributed by atoms with Crippen LogP contribution >= 0.6 is 11.6 Å². The van der Waals surface area contributed by atoms with Crippen molar-refractivity contribution in [3.63, 3.8) is 0 Å². The lowest BCUT2D eigenvalue weighted by Gasteiger charge is -2.23. The molecule has 31 heavy (non-hydrogen) atoms. The maximum absolute atomic E-state index is 12.7. The van der Waals surface area contributed by atoms with Gasteiger partial charge in [0.2, 0.25) is 5.91 Å². The number of carbonyl (C=O) groups excluding carboxylic acids is 3. The number of carbonyl (C=O) groups is 3. The number of hydrogen-bond acceptors (Lipinski definition) is 4. The first-order valence-electron chi connectivity index (χ1n) is 11.4. The van der Waals surface area contributed by atoms with Gasteiger partial charge in [-0.05, 0) is 43.4 Å². The van der Waals surface area contributed by atoms with Crippen LogP contribution in [0.3, 0.4) is 0 Å². The molecular formula is C23H31ClN4O3. The lowest BCUT2D eigenvalue weighted by atomic mass is 9.98. The van der Waals surface area contributed by atoms with Gasteiger partial charge in [0.25, 0.3) is 5.91 Å². The van der Waals surface area contributed by atoms with Crippen molar-refractivity contribution in [2.45, 2.75) is 57.0 Å². The molecule has 1 N–H and O–H groups in total. The second-order valence-electron chi connectivity index (χ2n) is 8.92. The number of nitrogens with zero attached hydrogens (tertiary/aromatic N) is 3. The minimum Gasteiger partial charge on any atom is -0.341 e. The highest BCUT2D eigenvalue weighted by molar-refractivity contribution is 6.30. The molecule has 2 aliphatic heterocycles. The van der Waals surface area contributed by atoms with Crippen molar-refractivity contribution in [3.8, 4) is 0 Å². The number of rotatable bonds is 6. The summed E-state index contributed by atoms with van der Waals surface area (Å²) >= 11 is 5.96. The van der Waals surface area contributed by atoms with Crippen molar-refractivity contribution in [2.24, 2.45) is 0 Å². The van der Waals surface area contributed by atoms with Crippen molar-refractivity contribution < 1.29 is 14.4 Å². The van der Waals surface area contributed by atoms with Gasteiger partial charge in [-0.25, -0.2) is 4.79 Å². The fourth-order valence-corrected chi connectivity index (χ4v) is 5.10. The summed E-state index contributed by atoms with van der Waals surface area (Å²) in [5.41, 5.74) is 0.553. The van der Waals surface area contributed by atoms with Gasteiger partial charge in [-0.1, -0.05) is 36.6 Å². The second kappa shape index (κ2) is 9.57. The Hall–Kier alpha value is -2.12. The Morgan fingerprint density at radius 1 is 1.00 bits per heavy atom. The third-order valence-electron chi connectivity index (χ3n) is 6.74. The van der Waals surface area contributed by atoms with Crippen LogP contribution in [0.4, 0.5) is 4.79 Å². The zero-order chi connectivity index (χ0) is 21.8. The monoisotopic (exact) mass is 446 g/mol. The second-order valence-corrected chi connectivity index (χ2v) is 9.35. The minimum atomic E-state index is -0.667. The fraction of sp³-hybridized carbons (Fsp3) is 0.609. The average Bonchev–Trinajstić information content (AvgIpc) is 3.21. The van der Waals surface area contributed by atoms with E-state index in [0.717, 1.165) is 63.3 Å². The molecule has 1 spiro atoms. The topological polar surface area (TPSA) is 73.0 Å². The van der Waals surface area contributed by atoms with Gasteiger partial charge in [0, 0.05) is 50.7 Å². The first-order chi connectivity index (χ1) is 15.0. The van der Waals surface area contributed by atoms with Gasteiger partial charge in [0.15, 0.2) is 0 Å². The molecule has 0 unspecified atom stereocenters. The van der Waals surface area contributed by atoms with Crippen LogP contribution in [0.1, 0.15) is 50.5 Å². The lowest BCUT2D eigenvalue weighted by Crippen LogP contribution is -2.44. The lowest BCUT2D eigenvalue weighted by molar-refractivity contribution is -0.133. The van der Waals surface area contributed by atoms with Crippen LogP contribution in [0.25, 0.3) is 0 Å². The molecule has 2 saturated heterocycles. The van der Waals surface area contributed by atoms with Crippen LogP contribution < -0.4 is 5.32 Å². The van der Waals surface area contributed by atoms with Crippen LogP contribution in [-0.2, 0) is 16.1 Å². The Morgan fingerprint density at radius 3 is 2.48 bits per heavy atom. The summed E-state index contributed by atoms with van der Waals surface area (Å²) in [6, 6.07) is 7.60. The maximum atomic E-state index is 12.7. The third-order valence-corrected chi connectivity index (χ3v) is 6.99. The summed E-state index contributed by atoms with van der Waals surface area (Å²) in [7, 11) is 0. The predicted octanol–water partition coefficient (Wildman–Crippen LogP) is 3.02. The molecule has 1 aliphatic carbocycles. The molecule has 1 aromatic rings. The number of benzene rings is 1. The first-order valence-corrected chi connectivity index (χ1v) is 11.7. The Labute approximate surface area is 188 Å². The predicted molar refractivity (Wildman–Crippen MR) is 119 cm³/mol. The Bertz CT molecular complexity index is 823. The van der Waals surface area contributed by atoms with E-state index >= 15 is 0 Å². The van der Waals surface area contributed by atoms with E-state index in [-0.39, 0.29) is 17.8 Å². The minimum absolute atomic E-state index is 0.102. The van der Waals surface area contributed by atoms with E-state index in [1.54, 1.807) is 0 Å². The Kier molecular flexibility index (Phi) is 6.82. The van der Waals surface area contributed by atoms with Gasteiger partial charge < -0.3 is 10.2 Å². The fourth-order valence-electron chi connectivity index (χ4n) is 4.97. The van der Waals surface area contributed by atoms with Gasteiger partial charge in [-0.3, -0.25) is 19.4 Å². The van der Waals surface area contributed by atoms with Crippen LogP contribution in [-0.4, -0.2) is 70.8 Å². The van der Waals surface area contributed by atoms with Gasteiger partial charge >= 0.3 is 6.03 Å². The van der Waals surface area contributed by atoms with E-state index in [9.17, 15) is 14.4 Å². The van der Waals surface area contributed by atoms with Crippen molar-refractivity contribution in [3.05, 3.63) is 34.9 Å². The van der Waals surface area contributed by atoms with Crippen LogP contribution in [0.15, 0.2) is 24.3 Å². The highest BCUT2D eigenvalue weighted by Gasteiger charge is 2.52. The number of imide groups is 1. The number of nitrogens with one attached hydrogen (secondary N) is 1. The molecule has 0 aromatic heterocycles. The maximum Gasteiger partial charge on any atom is 0.325 e. The summed E-state index contributed by atoms with van der Waals surface area (Å²) in [5, 5.41) is 3.63. The van der Waals surface area contributed by atoms with Crippen molar-refractivity contribution >= 4 is 29.4 Å². The van der Waals surface area contributed by atoms with E-state index in [1.807, 2.05) is 29.2 Å². The smallest absolute Gasteiger partial charge is 0.325 e. The summed E-state index contributed by atoms with van der Waals surface area (Å²) < 4.78 is 0.